The summed E-state index contributed by atoms with van der Waals surface area (Å²) in [5.41, 5.74) is 1.29. The third-order valence-electron chi connectivity index (χ3n) is 4.54. The molecule has 6 nitrogen and oxygen atoms in total. The zero-order chi connectivity index (χ0) is 19.4. The van der Waals surface area contributed by atoms with E-state index in [0.717, 1.165) is 23.5 Å². The number of aromatic nitrogens is 1. The highest BCUT2D eigenvalue weighted by Gasteiger charge is 2.27. The highest BCUT2D eigenvalue weighted by Crippen LogP contribution is 2.24. The van der Waals surface area contributed by atoms with Crippen molar-refractivity contribution in [3.63, 3.8) is 0 Å². The van der Waals surface area contributed by atoms with Crippen molar-refractivity contribution >= 4 is 39.0 Å². The van der Waals surface area contributed by atoms with Crippen LogP contribution in [0.2, 0.25) is 0 Å². The van der Waals surface area contributed by atoms with Gasteiger partial charge in [0.2, 0.25) is 15.9 Å². The second kappa shape index (κ2) is 8.33. The second-order valence-electron chi connectivity index (χ2n) is 6.72. The molecule has 0 unspecified atom stereocenters. The normalized spacial score (nSPS) is 16.7. The van der Waals surface area contributed by atoms with Crippen molar-refractivity contribution in [3.8, 4) is 0 Å². The molecular formula is C19H23N3O3S2. The van der Waals surface area contributed by atoms with Crippen LogP contribution in [0.1, 0.15) is 30.5 Å². The van der Waals surface area contributed by atoms with E-state index in [1.54, 1.807) is 22.5 Å². The van der Waals surface area contributed by atoms with Gasteiger partial charge in [0.1, 0.15) is 0 Å². The zero-order valence-corrected chi connectivity index (χ0v) is 17.0. The van der Waals surface area contributed by atoms with Gasteiger partial charge in [0.15, 0.2) is 0 Å². The summed E-state index contributed by atoms with van der Waals surface area (Å²) in [4.78, 5) is 16.5. The van der Waals surface area contributed by atoms with Gasteiger partial charge in [-0.1, -0.05) is 6.92 Å². The van der Waals surface area contributed by atoms with Gasteiger partial charge in [0, 0.05) is 30.2 Å². The minimum atomic E-state index is -3.48. The fourth-order valence-electron chi connectivity index (χ4n) is 2.89. The third-order valence-corrected chi connectivity index (χ3v) is 7.25. The average Bonchev–Trinajstić information content (AvgIpc) is 3.06. The first-order chi connectivity index (χ1) is 12.8. The monoisotopic (exact) mass is 405 g/mol. The highest BCUT2D eigenvalue weighted by atomic mass is 32.2. The molecule has 1 aliphatic rings. The Kier molecular flexibility index (Phi) is 6.08. The van der Waals surface area contributed by atoms with Gasteiger partial charge in [0.25, 0.3) is 0 Å². The molecule has 8 heteroatoms. The van der Waals surface area contributed by atoms with Gasteiger partial charge in [-0.15, -0.1) is 11.3 Å². The number of hydrogen-bond acceptors (Lipinski definition) is 5. The van der Waals surface area contributed by atoms with Crippen molar-refractivity contribution in [2.45, 2.75) is 31.6 Å². The Morgan fingerprint density at radius 3 is 2.52 bits per heavy atom. The molecule has 1 saturated heterocycles. The number of benzene rings is 1. The molecule has 2 heterocycles. The standard InChI is InChI=1S/C19H23N3O3S2/c1-14-9-11-22(12-10-14)27(24,25)18-6-3-16(4-7-18)21-19(23)8-5-17-13-26-15(2)20-17/h3-8,13-14H,9-12H2,1-2H3,(H,21,23)/b8-5+. The van der Waals surface area contributed by atoms with Crippen LogP contribution < -0.4 is 5.32 Å². The zero-order valence-electron chi connectivity index (χ0n) is 15.4. The van der Waals surface area contributed by atoms with Gasteiger partial charge in [-0.05, 0) is 56.0 Å². The first-order valence-electron chi connectivity index (χ1n) is 8.86. The smallest absolute Gasteiger partial charge is 0.248 e. The lowest BCUT2D eigenvalue weighted by Crippen LogP contribution is -2.37. The van der Waals surface area contributed by atoms with Crippen LogP contribution in [-0.4, -0.2) is 36.7 Å². The predicted molar refractivity (Wildman–Crippen MR) is 108 cm³/mol. The van der Waals surface area contributed by atoms with Crippen molar-refractivity contribution < 1.29 is 13.2 Å². The maximum absolute atomic E-state index is 12.7. The summed E-state index contributed by atoms with van der Waals surface area (Å²) in [6.07, 6.45) is 4.83. The van der Waals surface area contributed by atoms with E-state index in [4.69, 9.17) is 0 Å². The van der Waals surface area contributed by atoms with E-state index < -0.39 is 10.0 Å². The lowest BCUT2D eigenvalue weighted by atomic mass is 10.0. The Hall–Kier alpha value is -2.03. The number of nitrogens with one attached hydrogen (secondary N) is 1. The van der Waals surface area contributed by atoms with E-state index in [9.17, 15) is 13.2 Å². The van der Waals surface area contributed by atoms with Crippen LogP contribution >= 0.6 is 11.3 Å². The summed E-state index contributed by atoms with van der Waals surface area (Å²) in [6, 6.07) is 6.29. The van der Waals surface area contributed by atoms with Crippen molar-refractivity contribution in [3.05, 3.63) is 46.4 Å². The number of piperidine rings is 1. The molecule has 0 radical (unpaired) electrons. The molecule has 1 aromatic carbocycles. The van der Waals surface area contributed by atoms with Crippen molar-refractivity contribution in [2.75, 3.05) is 18.4 Å². The van der Waals surface area contributed by atoms with Crippen molar-refractivity contribution in [1.82, 2.24) is 9.29 Å². The number of carbonyl (C=O) groups excluding carboxylic acids is 1. The highest BCUT2D eigenvalue weighted by molar-refractivity contribution is 7.89. The van der Waals surface area contributed by atoms with E-state index in [0.29, 0.717) is 24.7 Å². The number of hydrogen-bond donors (Lipinski definition) is 1. The van der Waals surface area contributed by atoms with Crippen LogP contribution in [-0.2, 0) is 14.8 Å². The number of thiazole rings is 1. The van der Waals surface area contributed by atoms with E-state index >= 15 is 0 Å². The Morgan fingerprint density at radius 2 is 1.93 bits per heavy atom. The molecule has 2 aromatic rings. The lowest BCUT2D eigenvalue weighted by molar-refractivity contribution is -0.111. The Bertz CT molecular complexity index is 925. The second-order valence-corrected chi connectivity index (χ2v) is 9.73. The van der Waals surface area contributed by atoms with Gasteiger partial charge >= 0.3 is 0 Å². The van der Waals surface area contributed by atoms with Crippen LogP contribution in [0, 0.1) is 12.8 Å². The molecule has 1 amide bonds. The molecule has 1 fully saturated rings. The summed E-state index contributed by atoms with van der Waals surface area (Å²) >= 11 is 1.52. The number of sulfonamides is 1. The summed E-state index contributed by atoms with van der Waals surface area (Å²) in [5, 5.41) is 5.54. The van der Waals surface area contributed by atoms with E-state index in [1.165, 1.54) is 29.5 Å². The van der Waals surface area contributed by atoms with Crippen molar-refractivity contribution in [2.24, 2.45) is 5.92 Å². The van der Waals surface area contributed by atoms with E-state index in [2.05, 4.69) is 17.2 Å². The Balaban J connectivity index is 1.62. The van der Waals surface area contributed by atoms with Crippen LogP contribution in [0.4, 0.5) is 5.69 Å². The molecule has 1 aliphatic heterocycles. The topological polar surface area (TPSA) is 79.4 Å². The molecule has 1 aromatic heterocycles. The van der Waals surface area contributed by atoms with Gasteiger partial charge < -0.3 is 5.32 Å². The van der Waals surface area contributed by atoms with Gasteiger partial charge in [-0.2, -0.15) is 4.31 Å². The SMILES string of the molecule is Cc1nc(/C=C/C(=O)Nc2ccc(S(=O)(=O)N3CCC(C)CC3)cc2)cs1. The largest absolute Gasteiger partial charge is 0.323 e. The van der Waals surface area contributed by atoms with Gasteiger partial charge in [-0.3, -0.25) is 4.79 Å². The fourth-order valence-corrected chi connectivity index (χ4v) is 4.94. The van der Waals surface area contributed by atoms with E-state index in [-0.39, 0.29) is 10.8 Å². The summed E-state index contributed by atoms with van der Waals surface area (Å²) in [7, 11) is -3.48. The first-order valence-corrected chi connectivity index (χ1v) is 11.2. The molecule has 144 valence electrons. The molecule has 0 bridgehead atoms. The van der Waals surface area contributed by atoms with Crippen LogP contribution in [0.25, 0.3) is 6.08 Å². The lowest BCUT2D eigenvalue weighted by Gasteiger charge is -2.29. The van der Waals surface area contributed by atoms with Crippen LogP contribution in [0.5, 0.6) is 0 Å². The summed E-state index contributed by atoms with van der Waals surface area (Å²) in [6.45, 7) is 5.17. The van der Waals surface area contributed by atoms with Crippen LogP contribution in [0.3, 0.4) is 0 Å². The summed E-state index contributed by atoms with van der Waals surface area (Å²) < 4.78 is 27.0. The van der Waals surface area contributed by atoms with Gasteiger partial charge in [-0.25, -0.2) is 13.4 Å². The number of carbonyl (C=O) groups is 1. The molecule has 3 rings (SSSR count). The number of rotatable bonds is 5. The average molecular weight is 406 g/mol. The number of nitrogens with zero attached hydrogens (tertiary/aromatic N) is 2. The molecule has 0 spiro atoms. The molecule has 0 aliphatic carbocycles. The molecule has 0 atom stereocenters. The first kappa shape index (κ1) is 19.7. The predicted octanol–water partition coefficient (Wildman–Crippen LogP) is 3.52. The van der Waals surface area contributed by atoms with Gasteiger partial charge in [0.05, 0.1) is 15.6 Å². The minimum absolute atomic E-state index is 0.253. The molecule has 0 saturated carbocycles. The number of aryl methyl sites for hydroxylation is 1. The van der Waals surface area contributed by atoms with E-state index in [1.807, 2.05) is 12.3 Å². The number of amides is 1. The Labute approximate surface area is 164 Å². The quantitative estimate of drug-likeness (QED) is 0.772. The number of anilines is 1. The third kappa shape index (κ3) is 5.03. The molecule has 1 N–H and O–H groups in total. The Morgan fingerprint density at radius 1 is 1.26 bits per heavy atom. The maximum Gasteiger partial charge on any atom is 0.248 e. The minimum Gasteiger partial charge on any atom is -0.323 e. The molecular weight excluding hydrogens is 382 g/mol. The summed E-state index contributed by atoms with van der Waals surface area (Å²) in [5.74, 6) is 0.275. The fraction of sp³-hybridized carbons (Fsp3) is 0.368. The molecule has 27 heavy (non-hydrogen) atoms. The van der Waals surface area contributed by atoms with Crippen LogP contribution in [0.15, 0.2) is 40.6 Å². The van der Waals surface area contributed by atoms with Crippen molar-refractivity contribution in [1.29, 1.82) is 0 Å². The maximum atomic E-state index is 12.7.